The van der Waals surface area contributed by atoms with Crippen LogP contribution in [0.4, 0.5) is 0 Å². The van der Waals surface area contributed by atoms with Gasteiger partial charge in [0.15, 0.2) is 6.61 Å². The third-order valence-corrected chi connectivity index (χ3v) is 5.31. The molecule has 2 aromatic rings. The first-order valence-corrected chi connectivity index (χ1v) is 10.1. The van der Waals surface area contributed by atoms with Crippen LogP contribution in [0.5, 0.6) is 5.75 Å². The molecule has 0 atom stereocenters. The van der Waals surface area contributed by atoms with Gasteiger partial charge < -0.3 is 15.0 Å². The predicted octanol–water partition coefficient (Wildman–Crippen LogP) is 2.71. The third kappa shape index (κ3) is 5.85. The summed E-state index contributed by atoms with van der Waals surface area (Å²) in [5, 5.41) is 2.98. The van der Waals surface area contributed by atoms with Gasteiger partial charge in [-0.25, -0.2) is 0 Å². The largest absolute Gasteiger partial charge is 0.484 e. The van der Waals surface area contributed by atoms with Crippen LogP contribution in [0.3, 0.4) is 0 Å². The molecule has 0 aromatic heterocycles. The van der Waals surface area contributed by atoms with Gasteiger partial charge in [0, 0.05) is 16.6 Å². The molecule has 0 aliphatic carbocycles. The van der Waals surface area contributed by atoms with Gasteiger partial charge in [-0.2, -0.15) is 0 Å². The number of rotatable bonds is 7. The first-order valence-electron chi connectivity index (χ1n) is 9.26. The number of piperidine rings is 1. The van der Waals surface area contributed by atoms with E-state index in [1.165, 1.54) is 43.5 Å². The molecule has 2 N–H and O–H groups in total. The first-order chi connectivity index (χ1) is 12.7. The quantitative estimate of drug-likeness (QED) is 0.726. The van der Waals surface area contributed by atoms with E-state index < -0.39 is 0 Å². The van der Waals surface area contributed by atoms with Crippen molar-refractivity contribution in [2.75, 3.05) is 19.7 Å². The fourth-order valence-corrected chi connectivity index (χ4v) is 3.59. The number of nitrogens with one attached hydrogen (secondary N) is 2. The van der Waals surface area contributed by atoms with Crippen LogP contribution in [0.1, 0.15) is 30.4 Å². The molecule has 1 aliphatic rings. The van der Waals surface area contributed by atoms with Gasteiger partial charge in [0.05, 0.1) is 13.1 Å². The summed E-state index contributed by atoms with van der Waals surface area (Å²) in [6, 6.07) is 15.9. The maximum absolute atomic E-state index is 12.1. The van der Waals surface area contributed by atoms with Gasteiger partial charge in [-0.3, -0.25) is 4.79 Å². The Kier molecular flexibility index (Phi) is 7.09. The number of carbonyl (C=O) groups is 1. The molecule has 4 nitrogen and oxygen atoms in total. The molecular weight excluding hydrogens is 392 g/mol. The Morgan fingerprint density at radius 3 is 2.42 bits per heavy atom. The zero-order valence-electron chi connectivity index (χ0n) is 15.0. The molecule has 0 spiro atoms. The summed E-state index contributed by atoms with van der Waals surface area (Å²) in [5.74, 6) is 0.588. The number of carbonyl (C=O) groups excluding carboxylic acids is 1. The second-order valence-electron chi connectivity index (χ2n) is 6.78. The number of amides is 1. The monoisotopic (exact) mass is 417 g/mol. The summed E-state index contributed by atoms with van der Waals surface area (Å²) in [6.07, 6.45) is 4.00. The van der Waals surface area contributed by atoms with E-state index in [1.807, 2.05) is 30.3 Å². The molecule has 0 unspecified atom stereocenters. The lowest BCUT2D eigenvalue weighted by atomic mass is 10.0. The van der Waals surface area contributed by atoms with Crippen molar-refractivity contribution in [2.45, 2.75) is 32.4 Å². The normalized spacial score (nSPS) is 14.8. The minimum absolute atomic E-state index is 0.0289. The van der Waals surface area contributed by atoms with Crippen LogP contribution in [0.15, 0.2) is 53.0 Å². The number of hydrogen-bond donors (Lipinski definition) is 2. The molecule has 1 heterocycles. The van der Waals surface area contributed by atoms with Crippen molar-refractivity contribution < 1.29 is 14.4 Å². The first kappa shape index (κ1) is 18.9. The van der Waals surface area contributed by atoms with Crippen molar-refractivity contribution in [1.82, 2.24) is 5.32 Å². The lowest BCUT2D eigenvalue weighted by molar-refractivity contribution is -0.918. The summed E-state index contributed by atoms with van der Waals surface area (Å²) >= 11 is 3.38. The molecule has 5 heteroatoms. The van der Waals surface area contributed by atoms with Gasteiger partial charge >= 0.3 is 0 Å². The molecular formula is C21H26BrN2O2+. The maximum Gasteiger partial charge on any atom is 0.258 e. The Hall–Kier alpha value is -1.85. The summed E-state index contributed by atoms with van der Waals surface area (Å²) in [6.45, 7) is 4.12. The van der Waals surface area contributed by atoms with Gasteiger partial charge in [0.1, 0.15) is 12.3 Å². The molecule has 26 heavy (non-hydrogen) atoms. The standard InChI is InChI=1S/C21H25BrN2O2/c22-19-8-10-20(11-9-19)26-16-21(25)23-14-17-6-2-3-7-18(17)15-24-12-4-1-5-13-24/h2-3,6-11H,1,4-5,12-16H2,(H,23,25)/p+1. The highest BCUT2D eigenvalue weighted by Gasteiger charge is 2.15. The summed E-state index contributed by atoms with van der Waals surface area (Å²) in [4.78, 5) is 13.8. The number of hydrogen-bond acceptors (Lipinski definition) is 2. The SMILES string of the molecule is O=C(COc1ccc(Br)cc1)NCc1ccccc1C[NH+]1CCCCC1. The van der Waals surface area contributed by atoms with Gasteiger partial charge in [0.2, 0.25) is 0 Å². The number of quaternary nitrogens is 1. The minimum atomic E-state index is -0.104. The van der Waals surface area contributed by atoms with Crippen LogP contribution in [0.2, 0.25) is 0 Å². The van der Waals surface area contributed by atoms with Crippen LogP contribution in [-0.4, -0.2) is 25.6 Å². The van der Waals surface area contributed by atoms with E-state index in [0.717, 1.165) is 11.0 Å². The summed E-state index contributed by atoms with van der Waals surface area (Å²) in [7, 11) is 0. The average Bonchev–Trinajstić information content (AvgIpc) is 2.68. The van der Waals surface area contributed by atoms with E-state index in [0.29, 0.717) is 12.3 Å². The fourth-order valence-electron chi connectivity index (χ4n) is 3.32. The van der Waals surface area contributed by atoms with Crippen molar-refractivity contribution in [3.8, 4) is 5.75 Å². The summed E-state index contributed by atoms with van der Waals surface area (Å²) in [5.41, 5.74) is 2.53. The third-order valence-electron chi connectivity index (χ3n) is 4.78. The van der Waals surface area contributed by atoms with Crippen molar-refractivity contribution in [1.29, 1.82) is 0 Å². The fraction of sp³-hybridized carbons (Fsp3) is 0.381. The predicted molar refractivity (Wildman–Crippen MR) is 106 cm³/mol. The number of benzene rings is 2. The molecule has 0 bridgehead atoms. The minimum Gasteiger partial charge on any atom is -0.484 e. The zero-order chi connectivity index (χ0) is 18.2. The van der Waals surface area contributed by atoms with E-state index in [1.54, 1.807) is 4.90 Å². The van der Waals surface area contributed by atoms with Crippen LogP contribution in [0.25, 0.3) is 0 Å². The van der Waals surface area contributed by atoms with Crippen molar-refractivity contribution >= 4 is 21.8 Å². The molecule has 3 rings (SSSR count). The molecule has 138 valence electrons. The highest BCUT2D eigenvalue weighted by atomic mass is 79.9. The molecule has 2 aromatic carbocycles. The molecule has 1 fully saturated rings. The van der Waals surface area contributed by atoms with Gasteiger partial charge in [0.25, 0.3) is 5.91 Å². The van der Waals surface area contributed by atoms with Crippen molar-refractivity contribution in [3.63, 3.8) is 0 Å². The second-order valence-corrected chi connectivity index (χ2v) is 7.69. The molecule has 1 aliphatic heterocycles. The van der Waals surface area contributed by atoms with E-state index in [-0.39, 0.29) is 12.5 Å². The second kappa shape index (κ2) is 9.74. The lowest BCUT2D eigenvalue weighted by Crippen LogP contribution is -3.11. The Bertz CT molecular complexity index is 712. The lowest BCUT2D eigenvalue weighted by Gasteiger charge is -2.24. The van der Waals surface area contributed by atoms with Gasteiger partial charge in [-0.15, -0.1) is 0 Å². The number of likely N-dealkylation sites (tertiary alicyclic amines) is 1. The van der Waals surface area contributed by atoms with Crippen molar-refractivity contribution in [2.24, 2.45) is 0 Å². The van der Waals surface area contributed by atoms with Crippen LogP contribution in [-0.2, 0) is 17.9 Å². The van der Waals surface area contributed by atoms with Crippen LogP contribution in [0, 0.1) is 0 Å². The molecule has 1 amide bonds. The van der Waals surface area contributed by atoms with Crippen LogP contribution >= 0.6 is 15.9 Å². The highest BCUT2D eigenvalue weighted by Crippen LogP contribution is 2.16. The number of ether oxygens (including phenoxy) is 1. The van der Waals surface area contributed by atoms with Gasteiger partial charge in [-0.1, -0.05) is 40.2 Å². The average molecular weight is 418 g/mol. The van der Waals surface area contributed by atoms with Gasteiger partial charge in [-0.05, 0) is 49.1 Å². The topological polar surface area (TPSA) is 42.8 Å². The maximum atomic E-state index is 12.1. The van der Waals surface area contributed by atoms with Crippen molar-refractivity contribution in [3.05, 3.63) is 64.1 Å². The van der Waals surface area contributed by atoms with E-state index in [4.69, 9.17) is 4.74 Å². The summed E-state index contributed by atoms with van der Waals surface area (Å²) < 4.78 is 6.51. The zero-order valence-corrected chi connectivity index (χ0v) is 16.6. The highest BCUT2D eigenvalue weighted by molar-refractivity contribution is 9.10. The Morgan fingerprint density at radius 2 is 1.69 bits per heavy atom. The van der Waals surface area contributed by atoms with E-state index in [9.17, 15) is 4.79 Å². The smallest absolute Gasteiger partial charge is 0.258 e. The molecule has 0 saturated carbocycles. The Morgan fingerprint density at radius 1 is 1.00 bits per heavy atom. The van der Waals surface area contributed by atoms with E-state index in [2.05, 4.69) is 39.4 Å². The molecule has 0 radical (unpaired) electrons. The van der Waals surface area contributed by atoms with E-state index >= 15 is 0 Å². The molecule has 1 saturated heterocycles. The van der Waals surface area contributed by atoms with Crippen LogP contribution < -0.4 is 15.0 Å². The number of halogens is 1. The Balaban J connectivity index is 1.49. The Labute approximate surface area is 163 Å².